The second-order valence-corrected chi connectivity index (χ2v) is 8.91. The number of hydrogen-bond donors (Lipinski definition) is 1. The van der Waals surface area contributed by atoms with Crippen molar-refractivity contribution in [2.75, 3.05) is 45.8 Å². The van der Waals surface area contributed by atoms with E-state index in [0.717, 1.165) is 54.4 Å². The Morgan fingerprint density at radius 2 is 2.04 bits per heavy atom. The number of carbonyl (C=O) groups is 1. The van der Waals surface area contributed by atoms with Gasteiger partial charge in [-0.1, -0.05) is 12.1 Å². The van der Waals surface area contributed by atoms with Gasteiger partial charge in [0, 0.05) is 32.7 Å². The molecule has 142 valence electrons. The van der Waals surface area contributed by atoms with Crippen LogP contribution in [-0.4, -0.2) is 66.7 Å². The Labute approximate surface area is 166 Å². The van der Waals surface area contributed by atoms with Crippen molar-refractivity contribution in [2.45, 2.75) is 20.3 Å². The van der Waals surface area contributed by atoms with Gasteiger partial charge < -0.3 is 19.6 Å². The van der Waals surface area contributed by atoms with Crippen LogP contribution < -0.4 is 5.32 Å². The van der Waals surface area contributed by atoms with Crippen LogP contribution in [0.4, 0.5) is 0 Å². The average molecular weight is 441 g/mol. The molecule has 0 saturated carbocycles. The summed E-state index contributed by atoms with van der Waals surface area (Å²) in [5.41, 5.74) is 1.15. The van der Waals surface area contributed by atoms with Crippen molar-refractivity contribution in [3.05, 3.63) is 27.2 Å². The Hall–Kier alpha value is -1.22. The number of amides is 1. The van der Waals surface area contributed by atoms with E-state index in [0.29, 0.717) is 23.6 Å². The quantitative estimate of drug-likeness (QED) is 0.669. The molecule has 1 fully saturated rings. The van der Waals surface area contributed by atoms with E-state index in [1.165, 1.54) is 11.3 Å². The zero-order chi connectivity index (χ0) is 18.5. The van der Waals surface area contributed by atoms with Crippen molar-refractivity contribution in [2.24, 2.45) is 0 Å². The number of likely N-dealkylation sites (N-methyl/N-ethyl adjacent to an activating group) is 1. The van der Waals surface area contributed by atoms with E-state index in [-0.39, 0.29) is 5.91 Å². The summed E-state index contributed by atoms with van der Waals surface area (Å²) in [5, 5.41) is 7.10. The molecule has 0 aliphatic carbocycles. The average Bonchev–Trinajstić information content (AvgIpc) is 3.24. The van der Waals surface area contributed by atoms with Gasteiger partial charge in [0.1, 0.15) is 17.0 Å². The van der Waals surface area contributed by atoms with Crippen LogP contribution in [0, 0.1) is 6.92 Å². The largest absolute Gasteiger partial charge is 0.360 e. The van der Waals surface area contributed by atoms with Crippen molar-refractivity contribution in [1.29, 1.82) is 0 Å². The molecule has 1 aliphatic rings. The number of halogens is 1. The lowest BCUT2D eigenvalue weighted by molar-refractivity contribution is 0.0947. The Morgan fingerprint density at radius 1 is 1.31 bits per heavy atom. The first-order valence-electron chi connectivity index (χ1n) is 9.03. The van der Waals surface area contributed by atoms with E-state index in [1.807, 2.05) is 12.1 Å². The number of aromatic nitrogens is 1. The highest BCUT2D eigenvalue weighted by Crippen LogP contribution is 2.33. The van der Waals surface area contributed by atoms with Gasteiger partial charge in [-0.05, 0) is 54.5 Å². The van der Waals surface area contributed by atoms with Crippen molar-refractivity contribution in [1.82, 2.24) is 20.3 Å². The van der Waals surface area contributed by atoms with E-state index >= 15 is 0 Å². The first-order chi connectivity index (χ1) is 12.6. The van der Waals surface area contributed by atoms with E-state index in [4.69, 9.17) is 4.52 Å². The molecule has 1 N–H and O–H groups in total. The van der Waals surface area contributed by atoms with Gasteiger partial charge in [0.15, 0.2) is 0 Å². The fourth-order valence-electron chi connectivity index (χ4n) is 3.17. The van der Waals surface area contributed by atoms with Gasteiger partial charge in [0.05, 0.1) is 8.66 Å². The van der Waals surface area contributed by atoms with Gasteiger partial charge in [0.25, 0.3) is 5.91 Å². The zero-order valence-corrected chi connectivity index (χ0v) is 17.7. The van der Waals surface area contributed by atoms with Crippen molar-refractivity contribution >= 4 is 33.2 Å². The molecule has 1 amide bonds. The van der Waals surface area contributed by atoms with Crippen LogP contribution >= 0.6 is 27.3 Å². The SMILES string of the molecule is CCN1CCN(CCCNC(=O)c2c(-c3ccc(Br)s3)noc2C)CC1. The van der Waals surface area contributed by atoms with Gasteiger partial charge in [-0.15, -0.1) is 11.3 Å². The van der Waals surface area contributed by atoms with Crippen molar-refractivity contribution < 1.29 is 9.32 Å². The molecule has 8 heteroatoms. The van der Waals surface area contributed by atoms with E-state index < -0.39 is 0 Å². The van der Waals surface area contributed by atoms with Crippen LogP contribution in [0.2, 0.25) is 0 Å². The summed E-state index contributed by atoms with van der Waals surface area (Å²) in [6.07, 6.45) is 0.947. The molecule has 3 heterocycles. The highest BCUT2D eigenvalue weighted by atomic mass is 79.9. The number of thiophene rings is 1. The molecule has 0 radical (unpaired) electrons. The fraction of sp³-hybridized carbons (Fsp3) is 0.556. The van der Waals surface area contributed by atoms with Crippen LogP contribution in [0.15, 0.2) is 20.4 Å². The normalized spacial score (nSPS) is 16.1. The first-order valence-corrected chi connectivity index (χ1v) is 10.6. The highest BCUT2D eigenvalue weighted by molar-refractivity contribution is 9.11. The predicted octanol–water partition coefficient (Wildman–Crippen LogP) is 3.23. The maximum atomic E-state index is 12.6. The molecule has 3 rings (SSSR count). The van der Waals surface area contributed by atoms with Crippen molar-refractivity contribution in [3.8, 4) is 10.6 Å². The molecule has 1 saturated heterocycles. The maximum Gasteiger partial charge on any atom is 0.257 e. The predicted molar refractivity (Wildman–Crippen MR) is 108 cm³/mol. The molecule has 0 atom stereocenters. The first kappa shape index (κ1) is 19.5. The Kier molecular flexibility index (Phi) is 6.86. The van der Waals surface area contributed by atoms with E-state index in [1.54, 1.807) is 6.92 Å². The number of carbonyl (C=O) groups excluding carboxylic acids is 1. The fourth-order valence-corrected chi connectivity index (χ4v) is 4.54. The molecule has 0 unspecified atom stereocenters. The molecular formula is C18H25BrN4O2S. The lowest BCUT2D eigenvalue weighted by Gasteiger charge is -2.33. The molecule has 0 bridgehead atoms. The molecular weight excluding hydrogens is 416 g/mol. The maximum absolute atomic E-state index is 12.6. The highest BCUT2D eigenvalue weighted by Gasteiger charge is 2.22. The van der Waals surface area contributed by atoms with Crippen molar-refractivity contribution in [3.63, 3.8) is 0 Å². The summed E-state index contributed by atoms with van der Waals surface area (Å²) in [4.78, 5) is 18.5. The van der Waals surface area contributed by atoms with Gasteiger partial charge in [-0.3, -0.25) is 4.79 Å². The van der Waals surface area contributed by atoms with Crippen LogP contribution in [0.3, 0.4) is 0 Å². The summed E-state index contributed by atoms with van der Waals surface area (Å²) < 4.78 is 6.27. The van der Waals surface area contributed by atoms with E-state index in [9.17, 15) is 4.79 Å². The molecule has 0 spiro atoms. The summed E-state index contributed by atoms with van der Waals surface area (Å²) in [6.45, 7) is 11.3. The smallest absolute Gasteiger partial charge is 0.257 e. The summed E-state index contributed by atoms with van der Waals surface area (Å²) in [7, 11) is 0. The summed E-state index contributed by atoms with van der Waals surface area (Å²) >= 11 is 4.99. The van der Waals surface area contributed by atoms with Gasteiger partial charge in [-0.25, -0.2) is 0 Å². The number of nitrogens with zero attached hydrogens (tertiary/aromatic N) is 3. The van der Waals surface area contributed by atoms with Crippen LogP contribution in [-0.2, 0) is 0 Å². The minimum absolute atomic E-state index is 0.112. The van der Waals surface area contributed by atoms with Gasteiger partial charge >= 0.3 is 0 Å². The number of aryl methyl sites for hydroxylation is 1. The Morgan fingerprint density at radius 3 is 2.69 bits per heavy atom. The third-order valence-corrected chi connectivity index (χ3v) is 6.38. The number of piperazine rings is 1. The molecule has 6 nitrogen and oxygen atoms in total. The lowest BCUT2D eigenvalue weighted by atomic mass is 10.1. The monoisotopic (exact) mass is 440 g/mol. The topological polar surface area (TPSA) is 61.6 Å². The Bertz CT molecular complexity index is 737. The molecule has 2 aromatic rings. The number of rotatable bonds is 7. The second-order valence-electron chi connectivity index (χ2n) is 6.45. The second kappa shape index (κ2) is 9.12. The summed E-state index contributed by atoms with van der Waals surface area (Å²) in [5.74, 6) is 0.441. The van der Waals surface area contributed by atoms with Crippen LogP contribution in [0.5, 0.6) is 0 Å². The minimum Gasteiger partial charge on any atom is -0.360 e. The van der Waals surface area contributed by atoms with Gasteiger partial charge in [0.2, 0.25) is 0 Å². The third-order valence-electron chi connectivity index (χ3n) is 4.75. The molecule has 1 aliphatic heterocycles. The van der Waals surface area contributed by atoms with Crippen LogP contribution in [0.25, 0.3) is 10.6 Å². The number of hydrogen-bond acceptors (Lipinski definition) is 6. The van der Waals surface area contributed by atoms with Gasteiger partial charge in [-0.2, -0.15) is 0 Å². The zero-order valence-electron chi connectivity index (χ0n) is 15.3. The molecule has 26 heavy (non-hydrogen) atoms. The standard InChI is InChI=1S/C18H25BrN4O2S/c1-3-22-9-11-23(12-10-22)8-4-7-20-18(24)16-13(2)25-21-17(16)14-5-6-15(19)26-14/h5-6H,3-4,7-12H2,1-2H3,(H,20,24). The third kappa shape index (κ3) is 4.73. The summed E-state index contributed by atoms with van der Waals surface area (Å²) in [6, 6.07) is 3.89. The van der Waals surface area contributed by atoms with Crippen LogP contribution in [0.1, 0.15) is 29.5 Å². The Balaban J connectivity index is 1.49. The van der Waals surface area contributed by atoms with E-state index in [2.05, 4.69) is 43.1 Å². The minimum atomic E-state index is -0.112. The lowest BCUT2D eigenvalue weighted by Crippen LogP contribution is -2.46. The molecule has 2 aromatic heterocycles. The molecule has 0 aromatic carbocycles. The number of nitrogens with one attached hydrogen (secondary N) is 1.